The van der Waals surface area contributed by atoms with Crippen LogP contribution in [0.3, 0.4) is 0 Å². The molecule has 7 nitrogen and oxygen atoms in total. The quantitative estimate of drug-likeness (QED) is 0.343. The molecule has 4 heterocycles. The summed E-state index contributed by atoms with van der Waals surface area (Å²) >= 11 is 1.67. The van der Waals surface area contributed by atoms with E-state index in [4.69, 9.17) is 0 Å². The van der Waals surface area contributed by atoms with Crippen LogP contribution >= 0.6 is 11.3 Å². The van der Waals surface area contributed by atoms with E-state index in [1.165, 1.54) is 16.3 Å². The number of fused-ring (bicyclic) bond motifs is 2. The number of benzene rings is 2. The Morgan fingerprint density at radius 3 is 2.83 bits per heavy atom. The molecule has 0 aliphatic carbocycles. The van der Waals surface area contributed by atoms with E-state index in [9.17, 15) is 4.79 Å². The van der Waals surface area contributed by atoms with Gasteiger partial charge in [-0.2, -0.15) is 10.2 Å². The summed E-state index contributed by atoms with van der Waals surface area (Å²) in [5, 5.41) is 17.4. The Balaban J connectivity index is 1.19. The Morgan fingerprint density at radius 2 is 1.94 bits per heavy atom. The minimum atomic E-state index is -0.178. The maximum Gasteiger partial charge on any atom is 0.246 e. The zero-order valence-electron chi connectivity index (χ0n) is 19.0. The Kier molecular flexibility index (Phi) is 5.35. The van der Waals surface area contributed by atoms with Crippen molar-refractivity contribution in [2.45, 2.75) is 20.0 Å². The first-order chi connectivity index (χ1) is 17.2. The van der Waals surface area contributed by atoms with Crippen molar-refractivity contribution in [1.29, 1.82) is 0 Å². The Morgan fingerprint density at radius 1 is 1.06 bits per heavy atom. The molecule has 0 fully saturated rings. The molecule has 8 heteroatoms. The number of hydrogen-bond acceptors (Lipinski definition) is 5. The first kappa shape index (κ1) is 21.2. The van der Waals surface area contributed by atoms with E-state index in [0.29, 0.717) is 17.9 Å². The van der Waals surface area contributed by atoms with E-state index in [-0.39, 0.29) is 12.5 Å². The molecule has 172 valence electrons. The van der Waals surface area contributed by atoms with E-state index in [1.807, 2.05) is 42.1 Å². The van der Waals surface area contributed by atoms with Crippen LogP contribution in [0.2, 0.25) is 0 Å². The third-order valence-electron chi connectivity index (χ3n) is 6.02. The molecule has 0 aliphatic rings. The first-order valence-corrected chi connectivity index (χ1v) is 12.2. The van der Waals surface area contributed by atoms with Crippen molar-refractivity contribution in [3.8, 4) is 10.4 Å². The van der Waals surface area contributed by atoms with E-state index in [2.05, 4.69) is 62.3 Å². The Hall–Kier alpha value is -4.30. The largest absolute Gasteiger partial charge is 0.322 e. The molecule has 0 saturated carbocycles. The second-order valence-electron chi connectivity index (χ2n) is 8.39. The molecule has 0 bridgehead atoms. The summed E-state index contributed by atoms with van der Waals surface area (Å²) in [5.74, 6) is -0.178. The van der Waals surface area contributed by atoms with Gasteiger partial charge in [-0.1, -0.05) is 48.5 Å². The molecular formula is C27H22N6OS. The van der Waals surface area contributed by atoms with Crippen LogP contribution in [0.25, 0.3) is 32.2 Å². The summed E-state index contributed by atoms with van der Waals surface area (Å²) in [4.78, 5) is 18.5. The molecule has 1 N–H and O–H groups in total. The first-order valence-electron chi connectivity index (χ1n) is 11.3. The number of hydrogen-bond donors (Lipinski definition) is 1. The number of nitrogens with one attached hydrogen (secondary N) is 1. The lowest BCUT2D eigenvalue weighted by Crippen LogP contribution is -2.19. The van der Waals surface area contributed by atoms with Gasteiger partial charge in [0.2, 0.25) is 5.91 Å². The summed E-state index contributed by atoms with van der Waals surface area (Å²) < 4.78 is 3.50. The van der Waals surface area contributed by atoms with Gasteiger partial charge in [0, 0.05) is 22.8 Å². The molecule has 1 amide bonds. The van der Waals surface area contributed by atoms with Crippen molar-refractivity contribution in [2.24, 2.45) is 0 Å². The molecule has 0 unspecified atom stereocenters. The zero-order valence-corrected chi connectivity index (χ0v) is 19.9. The highest BCUT2D eigenvalue weighted by Gasteiger charge is 2.16. The minimum absolute atomic E-state index is 0.0692. The normalized spacial score (nSPS) is 11.3. The standard InChI is InChI=1S/C27H22N6OS/c1-18-26-23(24-10-5-13-35-24)11-12-28-27(26)33(31-18)17-25(34)30-21-14-29-32(16-21)15-20-8-4-7-19-6-2-3-9-22(19)20/h2-14,16H,15,17H2,1H3,(H,30,34). The van der Waals surface area contributed by atoms with Crippen LogP contribution in [0, 0.1) is 6.92 Å². The van der Waals surface area contributed by atoms with Crippen molar-refractivity contribution >= 4 is 44.7 Å². The third kappa shape index (κ3) is 4.08. The number of rotatable bonds is 6. The van der Waals surface area contributed by atoms with E-state index >= 15 is 0 Å². The molecule has 0 aliphatic heterocycles. The summed E-state index contributed by atoms with van der Waals surface area (Å²) in [5.41, 5.74) is 4.47. The van der Waals surface area contributed by atoms with Gasteiger partial charge in [-0.3, -0.25) is 9.48 Å². The van der Waals surface area contributed by atoms with Crippen molar-refractivity contribution < 1.29 is 4.79 Å². The fourth-order valence-electron chi connectivity index (χ4n) is 4.48. The highest BCUT2D eigenvalue weighted by Crippen LogP contribution is 2.32. The lowest BCUT2D eigenvalue weighted by atomic mass is 10.0. The van der Waals surface area contributed by atoms with Crippen LogP contribution in [-0.4, -0.2) is 30.5 Å². The number of anilines is 1. The average molecular weight is 479 g/mol. The maximum atomic E-state index is 12.9. The second-order valence-corrected chi connectivity index (χ2v) is 9.34. The van der Waals surface area contributed by atoms with Gasteiger partial charge < -0.3 is 5.32 Å². The smallest absolute Gasteiger partial charge is 0.246 e. The molecule has 6 rings (SSSR count). The Labute approximate surface area is 205 Å². The zero-order chi connectivity index (χ0) is 23.8. The predicted octanol–water partition coefficient (Wildman–Crippen LogP) is 5.50. The van der Waals surface area contributed by atoms with Crippen LogP contribution < -0.4 is 5.32 Å². The summed E-state index contributed by atoms with van der Waals surface area (Å²) in [6, 6.07) is 20.7. The van der Waals surface area contributed by atoms with Gasteiger partial charge in [0.1, 0.15) is 6.54 Å². The molecule has 0 spiro atoms. The topological polar surface area (TPSA) is 77.6 Å². The average Bonchev–Trinajstić information content (AvgIpc) is 3.61. The molecule has 4 aromatic heterocycles. The number of thiophene rings is 1. The highest BCUT2D eigenvalue weighted by molar-refractivity contribution is 7.13. The van der Waals surface area contributed by atoms with Crippen LogP contribution in [-0.2, 0) is 17.9 Å². The van der Waals surface area contributed by atoms with E-state index in [0.717, 1.165) is 21.5 Å². The van der Waals surface area contributed by atoms with Gasteiger partial charge in [0.15, 0.2) is 5.65 Å². The summed E-state index contributed by atoms with van der Waals surface area (Å²) in [6.07, 6.45) is 5.28. The molecule has 0 radical (unpaired) electrons. The fraction of sp³-hybridized carbons (Fsp3) is 0.111. The number of aromatic nitrogens is 5. The van der Waals surface area contributed by atoms with Crippen LogP contribution in [0.5, 0.6) is 0 Å². The van der Waals surface area contributed by atoms with Gasteiger partial charge in [-0.05, 0) is 40.8 Å². The highest BCUT2D eigenvalue weighted by atomic mass is 32.1. The molecule has 35 heavy (non-hydrogen) atoms. The number of pyridine rings is 1. The third-order valence-corrected chi connectivity index (χ3v) is 6.92. The number of nitrogens with zero attached hydrogens (tertiary/aromatic N) is 5. The Bertz CT molecular complexity index is 1660. The van der Waals surface area contributed by atoms with Gasteiger partial charge in [-0.15, -0.1) is 11.3 Å². The number of carbonyl (C=O) groups excluding carboxylic acids is 1. The number of aryl methyl sites for hydroxylation is 1. The van der Waals surface area contributed by atoms with Crippen molar-refractivity contribution in [3.05, 3.63) is 95.9 Å². The second kappa shape index (κ2) is 8.81. The van der Waals surface area contributed by atoms with E-state index in [1.54, 1.807) is 28.4 Å². The minimum Gasteiger partial charge on any atom is -0.322 e. The predicted molar refractivity (Wildman–Crippen MR) is 139 cm³/mol. The van der Waals surface area contributed by atoms with Gasteiger partial charge in [0.25, 0.3) is 0 Å². The van der Waals surface area contributed by atoms with Crippen molar-refractivity contribution in [2.75, 3.05) is 5.32 Å². The van der Waals surface area contributed by atoms with Crippen LogP contribution in [0.15, 0.2) is 84.6 Å². The molecule has 0 saturated heterocycles. The maximum absolute atomic E-state index is 12.9. The van der Waals surface area contributed by atoms with Gasteiger partial charge >= 0.3 is 0 Å². The lowest BCUT2D eigenvalue weighted by Gasteiger charge is -2.07. The lowest BCUT2D eigenvalue weighted by molar-refractivity contribution is -0.116. The van der Waals surface area contributed by atoms with Crippen molar-refractivity contribution in [1.82, 2.24) is 24.5 Å². The van der Waals surface area contributed by atoms with Crippen LogP contribution in [0.4, 0.5) is 5.69 Å². The summed E-state index contributed by atoms with van der Waals surface area (Å²) in [6.45, 7) is 2.64. The summed E-state index contributed by atoms with van der Waals surface area (Å²) in [7, 11) is 0. The number of amides is 1. The molecule has 2 aromatic carbocycles. The number of carbonyl (C=O) groups is 1. The van der Waals surface area contributed by atoms with Crippen molar-refractivity contribution in [3.63, 3.8) is 0 Å². The fourth-order valence-corrected chi connectivity index (χ4v) is 5.24. The SMILES string of the molecule is Cc1nn(CC(=O)Nc2cnn(Cc3cccc4ccccc34)c2)c2nccc(-c3cccs3)c12. The van der Waals surface area contributed by atoms with Gasteiger partial charge in [0.05, 0.1) is 29.5 Å². The van der Waals surface area contributed by atoms with E-state index < -0.39 is 0 Å². The van der Waals surface area contributed by atoms with Gasteiger partial charge in [-0.25, -0.2) is 9.67 Å². The molecular weight excluding hydrogens is 456 g/mol. The molecule has 6 aromatic rings. The monoisotopic (exact) mass is 478 g/mol. The molecule has 0 atom stereocenters. The van der Waals surface area contributed by atoms with Crippen LogP contribution in [0.1, 0.15) is 11.3 Å².